The Balaban J connectivity index is 2.50. The lowest BCUT2D eigenvalue weighted by Crippen LogP contribution is -2.08. The van der Waals surface area contributed by atoms with Crippen LogP contribution >= 0.6 is 0 Å². The van der Waals surface area contributed by atoms with E-state index in [1.54, 1.807) is 0 Å². The second-order valence-corrected chi connectivity index (χ2v) is 3.72. The quantitative estimate of drug-likeness (QED) is 0.830. The molecular formula is C11H13FO3. The molecule has 4 heteroatoms. The molecule has 0 amide bonds. The first-order chi connectivity index (χ1) is 7.10. The van der Waals surface area contributed by atoms with Gasteiger partial charge in [0.2, 0.25) is 0 Å². The summed E-state index contributed by atoms with van der Waals surface area (Å²) in [6.07, 6.45) is 1.30. The Morgan fingerprint density at radius 1 is 1.20 bits per heavy atom. The lowest BCUT2D eigenvalue weighted by Gasteiger charge is -2.15. The predicted octanol–water partition coefficient (Wildman–Crippen LogP) is 1.82. The Labute approximate surface area is 87.4 Å². The van der Waals surface area contributed by atoms with Crippen molar-refractivity contribution in [1.82, 2.24) is 0 Å². The maximum absolute atomic E-state index is 13.4. The van der Waals surface area contributed by atoms with Crippen LogP contribution in [0.4, 0.5) is 4.39 Å². The van der Waals surface area contributed by atoms with Gasteiger partial charge in [-0.1, -0.05) is 0 Å². The van der Waals surface area contributed by atoms with E-state index in [1.807, 2.05) is 0 Å². The highest BCUT2D eigenvalue weighted by Gasteiger charge is 2.44. The Morgan fingerprint density at radius 2 is 1.80 bits per heavy atom. The standard InChI is InChI=1S/C11H13FO3/c1-14-9-6-10(15-2)8(12)5-7(9)11(13)3-4-11/h5-6,13H,3-4H2,1-2H3. The van der Waals surface area contributed by atoms with E-state index in [-0.39, 0.29) is 5.75 Å². The van der Waals surface area contributed by atoms with Gasteiger partial charge in [-0.2, -0.15) is 0 Å². The Bertz CT molecular complexity index is 386. The molecule has 0 aliphatic heterocycles. The third-order valence-electron chi connectivity index (χ3n) is 2.70. The van der Waals surface area contributed by atoms with E-state index in [0.29, 0.717) is 24.2 Å². The van der Waals surface area contributed by atoms with Crippen LogP contribution in [0.25, 0.3) is 0 Å². The number of rotatable bonds is 3. The molecule has 0 radical (unpaired) electrons. The summed E-state index contributed by atoms with van der Waals surface area (Å²) in [6.45, 7) is 0. The summed E-state index contributed by atoms with van der Waals surface area (Å²) in [6, 6.07) is 2.74. The molecular weight excluding hydrogens is 199 g/mol. The molecule has 1 aliphatic rings. The number of hydrogen-bond donors (Lipinski definition) is 1. The maximum atomic E-state index is 13.4. The molecule has 1 aromatic carbocycles. The van der Waals surface area contributed by atoms with Crippen molar-refractivity contribution in [3.8, 4) is 11.5 Å². The fourth-order valence-electron chi connectivity index (χ4n) is 1.61. The van der Waals surface area contributed by atoms with Crippen molar-refractivity contribution in [2.45, 2.75) is 18.4 Å². The molecule has 0 bridgehead atoms. The number of ether oxygens (including phenoxy) is 2. The zero-order valence-electron chi connectivity index (χ0n) is 8.71. The summed E-state index contributed by atoms with van der Waals surface area (Å²) in [4.78, 5) is 0. The van der Waals surface area contributed by atoms with Crippen LogP contribution in [-0.2, 0) is 5.60 Å². The van der Waals surface area contributed by atoms with Crippen LogP contribution < -0.4 is 9.47 Å². The smallest absolute Gasteiger partial charge is 0.165 e. The number of aliphatic hydroxyl groups is 1. The van der Waals surface area contributed by atoms with E-state index in [1.165, 1.54) is 26.4 Å². The molecule has 0 heterocycles. The highest BCUT2D eigenvalue weighted by molar-refractivity contribution is 5.46. The molecule has 1 N–H and O–H groups in total. The normalized spacial score (nSPS) is 17.3. The number of methoxy groups -OCH3 is 2. The first kappa shape index (κ1) is 10.2. The molecule has 15 heavy (non-hydrogen) atoms. The lowest BCUT2D eigenvalue weighted by molar-refractivity contribution is 0.146. The van der Waals surface area contributed by atoms with Gasteiger partial charge in [0.05, 0.1) is 19.8 Å². The summed E-state index contributed by atoms with van der Waals surface area (Å²) < 4.78 is 23.4. The molecule has 0 unspecified atom stereocenters. The highest BCUT2D eigenvalue weighted by Crippen LogP contribution is 2.49. The highest BCUT2D eigenvalue weighted by atomic mass is 19.1. The topological polar surface area (TPSA) is 38.7 Å². The third-order valence-corrected chi connectivity index (χ3v) is 2.70. The van der Waals surface area contributed by atoms with Crippen LogP contribution in [-0.4, -0.2) is 19.3 Å². The van der Waals surface area contributed by atoms with Gasteiger partial charge in [-0.05, 0) is 18.9 Å². The summed E-state index contributed by atoms with van der Waals surface area (Å²) in [5.41, 5.74) is -0.401. The lowest BCUT2D eigenvalue weighted by atomic mass is 10.1. The monoisotopic (exact) mass is 212 g/mol. The Morgan fingerprint density at radius 3 is 2.27 bits per heavy atom. The van der Waals surface area contributed by atoms with Gasteiger partial charge in [-0.3, -0.25) is 0 Å². The fraction of sp³-hybridized carbons (Fsp3) is 0.455. The minimum Gasteiger partial charge on any atom is -0.496 e. The minimum atomic E-state index is -0.904. The van der Waals surface area contributed by atoms with Crippen LogP contribution in [0.15, 0.2) is 12.1 Å². The average molecular weight is 212 g/mol. The van der Waals surface area contributed by atoms with Crippen molar-refractivity contribution >= 4 is 0 Å². The van der Waals surface area contributed by atoms with E-state index >= 15 is 0 Å². The molecule has 0 spiro atoms. The number of hydrogen-bond acceptors (Lipinski definition) is 3. The van der Waals surface area contributed by atoms with Crippen molar-refractivity contribution in [3.05, 3.63) is 23.5 Å². The van der Waals surface area contributed by atoms with Crippen LogP contribution in [0.5, 0.6) is 11.5 Å². The van der Waals surface area contributed by atoms with Crippen molar-refractivity contribution in [2.24, 2.45) is 0 Å². The van der Waals surface area contributed by atoms with Crippen LogP contribution in [0.3, 0.4) is 0 Å². The summed E-state index contributed by atoms with van der Waals surface area (Å²) in [7, 11) is 2.88. The fourth-order valence-corrected chi connectivity index (χ4v) is 1.61. The first-order valence-corrected chi connectivity index (χ1v) is 4.75. The van der Waals surface area contributed by atoms with Crippen LogP contribution in [0.2, 0.25) is 0 Å². The number of halogens is 1. The molecule has 2 rings (SSSR count). The van der Waals surface area contributed by atoms with Gasteiger partial charge in [0.25, 0.3) is 0 Å². The van der Waals surface area contributed by atoms with Gasteiger partial charge in [0.1, 0.15) is 5.75 Å². The van der Waals surface area contributed by atoms with Crippen molar-refractivity contribution in [3.63, 3.8) is 0 Å². The molecule has 1 saturated carbocycles. The van der Waals surface area contributed by atoms with E-state index in [0.717, 1.165) is 0 Å². The molecule has 0 saturated heterocycles. The Kier molecular flexibility index (Phi) is 2.31. The summed E-state index contributed by atoms with van der Waals surface area (Å²) in [5, 5.41) is 9.91. The van der Waals surface area contributed by atoms with Crippen LogP contribution in [0, 0.1) is 5.82 Å². The van der Waals surface area contributed by atoms with Gasteiger partial charge in [0.15, 0.2) is 11.6 Å². The van der Waals surface area contributed by atoms with E-state index in [4.69, 9.17) is 9.47 Å². The van der Waals surface area contributed by atoms with Gasteiger partial charge >= 0.3 is 0 Å². The van der Waals surface area contributed by atoms with Crippen molar-refractivity contribution in [2.75, 3.05) is 14.2 Å². The largest absolute Gasteiger partial charge is 0.496 e. The molecule has 1 fully saturated rings. The van der Waals surface area contributed by atoms with Gasteiger partial charge in [-0.25, -0.2) is 4.39 Å². The second kappa shape index (κ2) is 3.38. The van der Waals surface area contributed by atoms with E-state index in [9.17, 15) is 9.50 Å². The van der Waals surface area contributed by atoms with Gasteiger partial charge in [-0.15, -0.1) is 0 Å². The summed E-state index contributed by atoms with van der Waals surface area (Å²) in [5.74, 6) is 0.113. The van der Waals surface area contributed by atoms with E-state index < -0.39 is 11.4 Å². The zero-order chi connectivity index (χ0) is 11.1. The SMILES string of the molecule is COc1cc(OC)c(C2(O)CC2)cc1F. The van der Waals surface area contributed by atoms with Gasteiger partial charge < -0.3 is 14.6 Å². The molecule has 82 valence electrons. The van der Waals surface area contributed by atoms with E-state index in [2.05, 4.69) is 0 Å². The summed E-state index contributed by atoms with van der Waals surface area (Å²) >= 11 is 0. The predicted molar refractivity (Wildman–Crippen MR) is 52.6 cm³/mol. The molecule has 0 atom stereocenters. The first-order valence-electron chi connectivity index (χ1n) is 4.75. The minimum absolute atomic E-state index is 0.125. The molecule has 1 aliphatic carbocycles. The van der Waals surface area contributed by atoms with Crippen LogP contribution in [0.1, 0.15) is 18.4 Å². The maximum Gasteiger partial charge on any atom is 0.165 e. The van der Waals surface area contributed by atoms with Crippen molar-refractivity contribution in [1.29, 1.82) is 0 Å². The third kappa shape index (κ3) is 1.65. The molecule has 0 aromatic heterocycles. The number of benzene rings is 1. The molecule has 3 nitrogen and oxygen atoms in total. The van der Waals surface area contributed by atoms with Gasteiger partial charge in [0, 0.05) is 11.6 Å². The Hall–Kier alpha value is -1.29. The van der Waals surface area contributed by atoms with Crippen molar-refractivity contribution < 1.29 is 19.0 Å². The molecule has 1 aromatic rings. The zero-order valence-corrected chi connectivity index (χ0v) is 8.71. The average Bonchev–Trinajstić information content (AvgIpc) is 2.97. The second-order valence-electron chi connectivity index (χ2n) is 3.72.